The lowest BCUT2D eigenvalue weighted by molar-refractivity contribution is -0.314. The maximum absolute atomic E-state index is 13.1. The number of rotatable bonds is 7. The molecular weight excluding hydrogens is 519 g/mol. The summed E-state index contributed by atoms with van der Waals surface area (Å²) >= 11 is 0. The average Bonchev–Trinajstić information content (AvgIpc) is 2.88. The molecule has 2 radical (unpaired) electrons. The molecule has 206 valence electrons. The molecule has 0 aliphatic carbocycles. The number of aryl methyl sites for hydroxylation is 1. The molecule has 1 fully saturated rings. The van der Waals surface area contributed by atoms with Gasteiger partial charge in [-0.2, -0.15) is 10.2 Å². The summed E-state index contributed by atoms with van der Waals surface area (Å²) in [6, 6.07) is 7.95. The first kappa shape index (κ1) is 28.5. The number of amides is 1. The maximum Gasteiger partial charge on any atom is 0.264 e. The van der Waals surface area contributed by atoms with Gasteiger partial charge in [0.25, 0.3) is 11.8 Å². The minimum atomic E-state index is -2.72. The molecule has 1 saturated heterocycles. The molecule has 8 N–H and O–H groups in total. The normalized spacial score (nSPS) is 18.5. The molecule has 0 aromatic carbocycles. The molecule has 1 amide bonds. The van der Waals surface area contributed by atoms with Crippen LogP contribution in [0.3, 0.4) is 0 Å². The number of carbonyl (C=O) groups is 1. The number of nitrogens with zero attached hydrogens (tertiary/aromatic N) is 6. The van der Waals surface area contributed by atoms with Gasteiger partial charge >= 0.3 is 0 Å². The van der Waals surface area contributed by atoms with Gasteiger partial charge in [0.2, 0.25) is 5.88 Å². The molecule has 0 spiro atoms. The van der Waals surface area contributed by atoms with E-state index in [1.54, 1.807) is 26.1 Å². The molecule has 0 bridgehead atoms. The molecule has 4 rings (SSSR count). The quantitative estimate of drug-likeness (QED) is 0.0880. The van der Waals surface area contributed by atoms with Crippen LogP contribution in [-0.4, -0.2) is 92.5 Å². The van der Waals surface area contributed by atoms with Crippen molar-refractivity contribution in [3.05, 3.63) is 53.5 Å². The molecule has 1 unspecified atom stereocenters. The van der Waals surface area contributed by atoms with Gasteiger partial charge < -0.3 is 36.1 Å². The number of pyridine rings is 3. The van der Waals surface area contributed by atoms with Crippen molar-refractivity contribution in [3.63, 3.8) is 0 Å². The number of hydrogen-bond acceptors (Lipinski definition) is 14. The Bertz CT molecular complexity index is 1440. The Morgan fingerprint density at radius 2 is 1.98 bits per heavy atom. The molecular formula is C24H27BN10O5. The molecule has 1 aliphatic rings. The first-order valence-corrected chi connectivity index (χ1v) is 11.8. The Morgan fingerprint density at radius 1 is 1.23 bits per heavy atom. The lowest BCUT2D eigenvalue weighted by Crippen LogP contribution is -2.74. The number of ether oxygens (including phenoxy) is 1. The van der Waals surface area contributed by atoms with Gasteiger partial charge in [0.15, 0.2) is 11.6 Å². The Hall–Kier alpha value is -4.53. The number of hydrazine groups is 1. The molecule has 1 atom stereocenters. The van der Waals surface area contributed by atoms with Crippen LogP contribution in [0.5, 0.6) is 11.6 Å². The number of aliphatic hydroxyl groups is 3. The first-order valence-electron chi connectivity index (χ1n) is 11.8. The van der Waals surface area contributed by atoms with Crippen molar-refractivity contribution in [1.29, 1.82) is 5.26 Å². The van der Waals surface area contributed by atoms with Crippen LogP contribution in [0, 0.1) is 18.3 Å². The second-order valence-electron chi connectivity index (χ2n) is 9.20. The van der Waals surface area contributed by atoms with E-state index < -0.39 is 17.4 Å². The van der Waals surface area contributed by atoms with Crippen molar-refractivity contribution < 1.29 is 24.9 Å². The fraction of sp³-hybridized carbons (Fsp3) is 0.292. The SMILES string of the molecule is [B]C1(O)CN(C)CC(O)(O)N1C(=O)c1ccc(Nc2cc(Oc3cnc(C#N)cc3C)nc(NC)c2NN)nc1. The van der Waals surface area contributed by atoms with Gasteiger partial charge in [-0.1, -0.05) is 0 Å². The molecule has 40 heavy (non-hydrogen) atoms. The number of nitriles is 1. The number of aromatic nitrogens is 3. The zero-order valence-electron chi connectivity index (χ0n) is 21.9. The number of hydrogen-bond donors (Lipinski definition) is 7. The van der Waals surface area contributed by atoms with E-state index in [1.165, 1.54) is 36.5 Å². The number of β-amino-alcohol motifs (C(OH)–C–C–N with tert-alkyl or cyclic N) is 3. The van der Waals surface area contributed by atoms with E-state index in [1.807, 2.05) is 6.07 Å². The van der Waals surface area contributed by atoms with E-state index >= 15 is 0 Å². The summed E-state index contributed by atoms with van der Waals surface area (Å²) in [4.78, 5) is 27.5. The Labute approximate surface area is 230 Å². The van der Waals surface area contributed by atoms with Crippen molar-refractivity contribution >= 4 is 36.8 Å². The van der Waals surface area contributed by atoms with Crippen LogP contribution < -0.4 is 26.6 Å². The van der Waals surface area contributed by atoms with Crippen LogP contribution in [0.15, 0.2) is 36.7 Å². The number of anilines is 4. The summed E-state index contributed by atoms with van der Waals surface area (Å²) < 4.78 is 5.90. The predicted molar refractivity (Wildman–Crippen MR) is 144 cm³/mol. The molecule has 4 heterocycles. The minimum absolute atomic E-state index is 0.0536. The number of nitrogens with one attached hydrogen (secondary N) is 3. The highest BCUT2D eigenvalue weighted by molar-refractivity contribution is 6.16. The van der Waals surface area contributed by atoms with Crippen molar-refractivity contribution in [2.24, 2.45) is 5.84 Å². The van der Waals surface area contributed by atoms with Crippen molar-refractivity contribution in [2.75, 3.05) is 43.2 Å². The second-order valence-corrected chi connectivity index (χ2v) is 9.20. The fourth-order valence-electron chi connectivity index (χ4n) is 4.29. The summed E-state index contributed by atoms with van der Waals surface area (Å²) in [7, 11) is 8.98. The number of likely N-dealkylation sites (N-methyl/N-ethyl adjacent to an activating group) is 1. The Kier molecular flexibility index (Phi) is 7.78. The van der Waals surface area contributed by atoms with Crippen molar-refractivity contribution in [3.8, 4) is 17.7 Å². The number of piperazine rings is 1. The molecule has 3 aromatic heterocycles. The third-order valence-corrected chi connectivity index (χ3v) is 5.98. The van der Waals surface area contributed by atoms with Crippen molar-refractivity contribution in [1.82, 2.24) is 24.8 Å². The van der Waals surface area contributed by atoms with E-state index in [0.717, 1.165) is 0 Å². The standard InChI is InChI=1S/C24H27BN10O5/c1-13-6-15(8-26)29-10-17(13)40-19-7-16(20(33-27)21(28-2)32-19)31-18-5-4-14(9-30-18)22(36)35-23(25,37)11-34(3)12-24(35,38)39/h4-7,9-10,33,37-39H,11-12,27H2,1-3H3,(H2,28,30,31,32). The third kappa shape index (κ3) is 5.73. The highest BCUT2D eigenvalue weighted by Crippen LogP contribution is 2.36. The number of carbonyl (C=O) groups excluding carboxylic acids is 1. The lowest BCUT2D eigenvalue weighted by Gasteiger charge is -2.51. The van der Waals surface area contributed by atoms with Crippen LogP contribution in [0.25, 0.3) is 0 Å². The number of nitrogens with two attached hydrogens (primary N) is 1. The monoisotopic (exact) mass is 546 g/mol. The smallest absolute Gasteiger partial charge is 0.264 e. The summed E-state index contributed by atoms with van der Waals surface area (Å²) in [5.41, 5.74) is 1.88. The maximum atomic E-state index is 13.1. The summed E-state index contributed by atoms with van der Waals surface area (Å²) in [6.45, 7) is 1.21. The number of nitrogen functional groups attached to an aromatic ring is 1. The van der Waals surface area contributed by atoms with Crippen LogP contribution in [0.2, 0.25) is 0 Å². The zero-order chi connectivity index (χ0) is 29.2. The van der Waals surface area contributed by atoms with Crippen LogP contribution in [-0.2, 0) is 0 Å². The average molecular weight is 546 g/mol. The first-order chi connectivity index (χ1) is 18.9. The highest BCUT2D eigenvalue weighted by atomic mass is 16.5. The lowest BCUT2D eigenvalue weighted by atomic mass is 9.85. The molecule has 16 heteroatoms. The summed E-state index contributed by atoms with van der Waals surface area (Å²) in [6.07, 6.45) is 2.61. The summed E-state index contributed by atoms with van der Waals surface area (Å²) in [5.74, 6) is 3.27. The van der Waals surface area contributed by atoms with Crippen molar-refractivity contribution in [2.45, 2.75) is 18.5 Å². The largest absolute Gasteiger partial charge is 0.437 e. The highest BCUT2D eigenvalue weighted by Gasteiger charge is 2.51. The topological polar surface area (TPSA) is 218 Å². The van der Waals surface area contributed by atoms with E-state index in [4.69, 9.17) is 23.7 Å². The summed E-state index contributed by atoms with van der Waals surface area (Å²) in [5, 5.41) is 46.3. The van der Waals surface area contributed by atoms with E-state index in [-0.39, 0.29) is 36.0 Å². The van der Waals surface area contributed by atoms with Gasteiger partial charge in [-0.05, 0) is 37.7 Å². The molecule has 1 aliphatic heterocycles. The van der Waals surface area contributed by atoms with E-state index in [9.17, 15) is 20.1 Å². The fourth-order valence-corrected chi connectivity index (χ4v) is 4.29. The Balaban J connectivity index is 1.60. The van der Waals surface area contributed by atoms with Crippen LogP contribution >= 0.6 is 0 Å². The second kappa shape index (κ2) is 10.9. The van der Waals surface area contributed by atoms with Crippen LogP contribution in [0.1, 0.15) is 21.6 Å². The van der Waals surface area contributed by atoms with E-state index in [0.29, 0.717) is 33.4 Å². The van der Waals surface area contributed by atoms with Crippen LogP contribution in [0.4, 0.5) is 23.0 Å². The van der Waals surface area contributed by atoms with Gasteiger partial charge in [-0.15, -0.1) is 0 Å². The van der Waals surface area contributed by atoms with Gasteiger partial charge in [0.05, 0.1) is 24.0 Å². The predicted octanol–water partition coefficient (Wildman–Crippen LogP) is -0.244. The minimum Gasteiger partial charge on any atom is -0.437 e. The van der Waals surface area contributed by atoms with Gasteiger partial charge in [0, 0.05) is 25.9 Å². The Morgan fingerprint density at radius 3 is 2.55 bits per heavy atom. The van der Waals surface area contributed by atoms with Gasteiger partial charge in [-0.25, -0.2) is 9.97 Å². The van der Waals surface area contributed by atoms with Gasteiger partial charge in [-0.3, -0.25) is 20.4 Å². The molecule has 3 aromatic rings. The molecule has 0 saturated carbocycles. The zero-order valence-corrected chi connectivity index (χ0v) is 21.9. The van der Waals surface area contributed by atoms with E-state index in [2.05, 4.69) is 31.0 Å². The van der Waals surface area contributed by atoms with Gasteiger partial charge in [0.1, 0.15) is 36.7 Å². The molecule has 15 nitrogen and oxygen atoms in total. The third-order valence-electron chi connectivity index (χ3n) is 5.98.